The molecule has 2 aromatic carbocycles. The summed E-state index contributed by atoms with van der Waals surface area (Å²) in [5.41, 5.74) is 6.06. The zero-order chi connectivity index (χ0) is 15.2. The molecule has 1 spiro atoms. The van der Waals surface area contributed by atoms with Gasteiger partial charge in [0.2, 0.25) is 0 Å². The molecule has 1 fully saturated rings. The Bertz CT molecular complexity index is 714. The molecule has 2 aliphatic rings. The van der Waals surface area contributed by atoms with Crippen molar-refractivity contribution >= 4 is 0 Å². The third-order valence-electron chi connectivity index (χ3n) is 5.37. The average molecular weight is 294 g/mol. The Morgan fingerprint density at radius 1 is 0.864 bits per heavy atom. The minimum absolute atomic E-state index is 0.669. The normalized spacial score (nSPS) is 17.9. The van der Waals surface area contributed by atoms with Crippen molar-refractivity contribution in [2.75, 3.05) is 14.2 Å². The Morgan fingerprint density at radius 3 is 2.45 bits per heavy atom. The van der Waals surface area contributed by atoms with Crippen LogP contribution >= 0.6 is 0 Å². The number of benzene rings is 2. The third kappa shape index (κ3) is 2.27. The summed E-state index contributed by atoms with van der Waals surface area (Å²) in [7, 11) is 3.42. The summed E-state index contributed by atoms with van der Waals surface area (Å²) in [6.07, 6.45) is 6.71. The lowest BCUT2D eigenvalue weighted by Gasteiger charge is -2.25. The van der Waals surface area contributed by atoms with Crippen LogP contribution in [0.2, 0.25) is 0 Å². The van der Waals surface area contributed by atoms with E-state index in [-0.39, 0.29) is 0 Å². The van der Waals surface area contributed by atoms with Gasteiger partial charge >= 0.3 is 0 Å². The van der Waals surface area contributed by atoms with Crippen molar-refractivity contribution in [2.24, 2.45) is 5.41 Å². The highest BCUT2D eigenvalue weighted by molar-refractivity contribution is 5.73. The van der Waals surface area contributed by atoms with Gasteiger partial charge in [-0.05, 0) is 72.4 Å². The Morgan fingerprint density at radius 2 is 1.73 bits per heavy atom. The van der Waals surface area contributed by atoms with E-state index in [4.69, 9.17) is 9.47 Å². The molecule has 0 aromatic heterocycles. The van der Waals surface area contributed by atoms with E-state index >= 15 is 0 Å². The van der Waals surface area contributed by atoms with Crippen LogP contribution in [0, 0.1) is 5.41 Å². The molecule has 0 saturated heterocycles. The molecule has 0 atom stereocenters. The van der Waals surface area contributed by atoms with Crippen molar-refractivity contribution in [2.45, 2.75) is 32.1 Å². The summed E-state index contributed by atoms with van der Waals surface area (Å²) in [6.45, 7) is 0. The number of methoxy groups -OCH3 is 2. The van der Waals surface area contributed by atoms with E-state index in [0.717, 1.165) is 17.1 Å². The van der Waals surface area contributed by atoms with Crippen molar-refractivity contribution < 1.29 is 9.47 Å². The van der Waals surface area contributed by atoms with Crippen LogP contribution < -0.4 is 9.47 Å². The molecule has 0 amide bonds. The molecule has 0 radical (unpaired) electrons. The summed E-state index contributed by atoms with van der Waals surface area (Å²) in [5, 5.41) is 0. The van der Waals surface area contributed by atoms with E-state index in [9.17, 15) is 0 Å². The van der Waals surface area contributed by atoms with Crippen molar-refractivity contribution in [3.05, 3.63) is 47.5 Å². The lowest BCUT2D eigenvalue weighted by atomic mass is 9.80. The Balaban J connectivity index is 1.74. The summed E-state index contributed by atoms with van der Waals surface area (Å²) >= 11 is 0. The summed E-state index contributed by atoms with van der Waals surface area (Å²) in [4.78, 5) is 0. The highest BCUT2D eigenvalue weighted by Crippen LogP contribution is 2.54. The highest BCUT2D eigenvalue weighted by atomic mass is 16.5. The smallest absolute Gasteiger partial charge is 0.126 e. The molecule has 4 rings (SSSR count). The number of aryl methyl sites for hydroxylation is 1. The van der Waals surface area contributed by atoms with Crippen molar-refractivity contribution in [1.29, 1.82) is 0 Å². The van der Waals surface area contributed by atoms with Gasteiger partial charge in [-0.3, -0.25) is 0 Å². The van der Waals surface area contributed by atoms with E-state index in [0.29, 0.717) is 5.41 Å². The highest BCUT2D eigenvalue weighted by Gasteiger charge is 2.44. The van der Waals surface area contributed by atoms with Gasteiger partial charge in [0.25, 0.3) is 0 Å². The maximum Gasteiger partial charge on any atom is 0.126 e. The third-order valence-corrected chi connectivity index (χ3v) is 5.37. The fourth-order valence-corrected chi connectivity index (χ4v) is 3.73. The summed E-state index contributed by atoms with van der Waals surface area (Å²) < 4.78 is 10.9. The number of fused-ring (bicyclic) bond motifs is 1. The van der Waals surface area contributed by atoms with E-state index in [1.54, 1.807) is 19.8 Å². The van der Waals surface area contributed by atoms with Gasteiger partial charge in [0.1, 0.15) is 11.5 Å². The number of ether oxygens (including phenoxy) is 2. The SMILES string of the molecule is COc1ccc(OC)c(-c2ccc3c(c2)CCC2(CC2)C3)c1. The average Bonchev–Trinajstić information content (AvgIpc) is 3.32. The van der Waals surface area contributed by atoms with E-state index in [2.05, 4.69) is 24.3 Å². The fraction of sp³-hybridized carbons (Fsp3) is 0.400. The Hall–Kier alpha value is -1.96. The second-order valence-corrected chi connectivity index (χ2v) is 6.73. The van der Waals surface area contributed by atoms with Gasteiger partial charge in [0, 0.05) is 5.56 Å². The molecule has 2 nitrogen and oxygen atoms in total. The van der Waals surface area contributed by atoms with E-state index in [1.807, 2.05) is 12.1 Å². The van der Waals surface area contributed by atoms with Gasteiger partial charge in [0.15, 0.2) is 0 Å². The lowest BCUT2D eigenvalue weighted by molar-refractivity contribution is 0.404. The minimum atomic E-state index is 0.669. The molecule has 0 N–H and O–H groups in total. The molecule has 0 unspecified atom stereocenters. The Labute approximate surface area is 132 Å². The van der Waals surface area contributed by atoms with Gasteiger partial charge in [-0.25, -0.2) is 0 Å². The van der Waals surface area contributed by atoms with Crippen LogP contribution in [0.1, 0.15) is 30.4 Å². The molecule has 2 heteroatoms. The zero-order valence-electron chi connectivity index (χ0n) is 13.3. The van der Waals surface area contributed by atoms with Gasteiger partial charge < -0.3 is 9.47 Å². The van der Waals surface area contributed by atoms with Crippen LogP contribution in [-0.2, 0) is 12.8 Å². The standard InChI is InChI=1S/C20H22O2/c1-21-17-5-6-19(22-2)18(12-17)15-3-4-16-13-20(9-10-20)8-7-14(16)11-15/h3-6,11-12H,7-10,13H2,1-2H3. The molecule has 22 heavy (non-hydrogen) atoms. The number of rotatable bonds is 3. The number of hydrogen-bond donors (Lipinski definition) is 0. The maximum absolute atomic E-state index is 5.53. The van der Waals surface area contributed by atoms with E-state index < -0.39 is 0 Å². The second kappa shape index (κ2) is 5.05. The number of hydrogen-bond acceptors (Lipinski definition) is 2. The van der Waals surface area contributed by atoms with Crippen molar-refractivity contribution in [1.82, 2.24) is 0 Å². The summed E-state index contributed by atoms with van der Waals surface area (Å²) in [5.74, 6) is 1.76. The summed E-state index contributed by atoms with van der Waals surface area (Å²) in [6, 6.07) is 12.9. The van der Waals surface area contributed by atoms with Gasteiger partial charge in [-0.1, -0.05) is 18.2 Å². The zero-order valence-corrected chi connectivity index (χ0v) is 13.3. The van der Waals surface area contributed by atoms with Gasteiger partial charge in [-0.15, -0.1) is 0 Å². The maximum atomic E-state index is 5.53. The monoisotopic (exact) mass is 294 g/mol. The minimum Gasteiger partial charge on any atom is -0.497 e. The van der Waals surface area contributed by atoms with Crippen molar-refractivity contribution in [3.63, 3.8) is 0 Å². The van der Waals surface area contributed by atoms with Crippen LogP contribution in [0.4, 0.5) is 0 Å². The quantitative estimate of drug-likeness (QED) is 0.821. The van der Waals surface area contributed by atoms with Crippen LogP contribution in [0.15, 0.2) is 36.4 Å². The molecular weight excluding hydrogens is 272 g/mol. The van der Waals surface area contributed by atoms with Gasteiger partial charge in [0.05, 0.1) is 14.2 Å². The van der Waals surface area contributed by atoms with Crippen LogP contribution in [0.5, 0.6) is 11.5 Å². The largest absolute Gasteiger partial charge is 0.497 e. The Kier molecular flexibility index (Phi) is 3.14. The molecule has 1 saturated carbocycles. The first-order valence-electron chi connectivity index (χ1n) is 8.07. The second-order valence-electron chi connectivity index (χ2n) is 6.73. The molecular formula is C20H22O2. The van der Waals surface area contributed by atoms with Gasteiger partial charge in [-0.2, -0.15) is 0 Å². The molecule has 2 aromatic rings. The van der Waals surface area contributed by atoms with Crippen molar-refractivity contribution in [3.8, 4) is 22.6 Å². The first-order chi connectivity index (χ1) is 10.7. The fourth-order valence-electron chi connectivity index (χ4n) is 3.73. The van der Waals surface area contributed by atoms with Crippen LogP contribution in [0.3, 0.4) is 0 Å². The first kappa shape index (κ1) is 13.7. The molecule has 0 bridgehead atoms. The van der Waals surface area contributed by atoms with E-state index in [1.165, 1.54) is 43.2 Å². The topological polar surface area (TPSA) is 18.5 Å². The molecule has 0 aliphatic heterocycles. The predicted molar refractivity (Wildman–Crippen MR) is 88.7 cm³/mol. The van der Waals surface area contributed by atoms with Crippen LogP contribution in [0.25, 0.3) is 11.1 Å². The lowest BCUT2D eigenvalue weighted by Crippen LogP contribution is -2.14. The molecule has 114 valence electrons. The predicted octanol–water partition coefficient (Wildman–Crippen LogP) is 4.64. The van der Waals surface area contributed by atoms with Crippen LogP contribution in [-0.4, -0.2) is 14.2 Å². The first-order valence-corrected chi connectivity index (χ1v) is 8.07. The molecule has 0 heterocycles. The molecule has 2 aliphatic carbocycles.